The average Bonchev–Trinajstić information content (AvgIpc) is 2.04. The molecule has 0 unspecified atom stereocenters. The molecule has 0 aromatic heterocycles. The van der Waals surface area contributed by atoms with Crippen molar-refractivity contribution in [2.75, 3.05) is 0 Å². The highest BCUT2D eigenvalue weighted by atomic mass is 16.5. The number of carbonyl (C=O) groups excluding carboxylic acids is 1. The van der Waals surface area contributed by atoms with Crippen LogP contribution < -0.4 is 0 Å². The monoisotopic (exact) mass is 170 g/mol. The van der Waals surface area contributed by atoms with Crippen molar-refractivity contribution >= 4 is 5.97 Å². The third-order valence-electron chi connectivity index (χ3n) is 2.10. The van der Waals surface area contributed by atoms with Gasteiger partial charge < -0.3 is 4.74 Å². The zero-order valence-electron chi connectivity index (χ0n) is 8.60. The standard InChI is InChI=1S/C10H18O2/c1-6-8(3)12-9(11)10(4,5)7-2/h6H,7H2,1-5H3/b8-6+. The number of allylic oxidation sites excluding steroid dienone is 2. The van der Waals surface area contributed by atoms with Crippen LogP contribution in [0.4, 0.5) is 0 Å². The Morgan fingerprint density at radius 1 is 1.50 bits per heavy atom. The molecule has 0 N–H and O–H groups in total. The van der Waals surface area contributed by atoms with E-state index < -0.39 is 0 Å². The molecule has 0 rings (SSSR count). The van der Waals surface area contributed by atoms with Crippen LogP contribution in [0.15, 0.2) is 11.8 Å². The molecule has 70 valence electrons. The molecule has 0 heterocycles. The van der Waals surface area contributed by atoms with Gasteiger partial charge >= 0.3 is 5.97 Å². The fourth-order valence-electron chi connectivity index (χ4n) is 0.488. The molecular formula is C10H18O2. The van der Waals surface area contributed by atoms with Crippen molar-refractivity contribution in [3.63, 3.8) is 0 Å². The molecule has 0 aromatic carbocycles. The number of ether oxygens (including phenoxy) is 1. The van der Waals surface area contributed by atoms with Crippen LogP contribution in [0.3, 0.4) is 0 Å². The molecule has 2 nitrogen and oxygen atoms in total. The van der Waals surface area contributed by atoms with E-state index in [1.165, 1.54) is 0 Å². The highest BCUT2D eigenvalue weighted by molar-refractivity contribution is 5.76. The lowest BCUT2D eigenvalue weighted by molar-refractivity contribution is -0.149. The van der Waals surface area contributed by atoms with Crippen molar-refractivity contribution in [3.8, 4) is 0 Å². The number of rotatable bonds is 3. The van der Waals surface area contributed by atoms with E-state index in [4.69, 9.17) is 4.74 Å². The zero-order chi connectivity index (χ0) is 9.78. The van der Waals surface area contributed by atoms with Crippen LogP contribution in [-0.2, 0) is 9.53 Å². The van der Waals surface area contributed by atoms with Crippen LogP contribution >= 0.6 is 0 Å². The molecule has 0 aliphatic heterocycles. The van der Waals surface area contributed by atoms with Gasteiger partial charge in [-0.15, -0.1) is 0 Å². The van der Waals surface area contributed by atoms with Gasteiger partial charge in [-0.25, -0.2) is 0 Å². The molecule has 0 aliphatic carbocycles. The summed E-state index contributed by atoms with van der Waals surface area (Å²) >= 11 is 0. The maximum atomic E-state index is 11.4. The summed E-state index contributed by atoms with van der Waals surface area (Å²) in [4.78, 5) is 11.4. The SMILES string of the molecule is C/C=C(\C)OC(=O)C(C)(C)CC. The third-order valence-corrected chi connectivity index (χ3v) is 2.10. The fraction of sp³-hybridized carbons (Fsp3) is 0.700. The highest BCUT2D eigenvalue weighted by Crippen LogP contribution is 2.22. The van der Waals surface area contributed by atoms with Gasteiger partial charge in [0.15, 0.2) is 0 Å². The van der Waals surface area contributed by atoms with Gasteiger partial charge in [-0.3, -0.25) is 4.79 Å². The zero-order valence-corrected chi connectivity index (χ0v) is 8.60. The van der Waals surface area contributed by atoms with Crippen molar-refractivity contribution in [1.29, 1.82) is 0 Å². The van der Waals surface area contributed by atoms with E-state index in [1.807, 2.05) is 27.7 Å². The van der Waals surface area contributed by atoms with Crippen LogP contribution in [0.5, 0.6) is 0 Å². The molecule has 0 radical (unpaired) electrons. The maximum Gasteiger partial charge on any atom is 0.316 e. The van der Waals surface area contributed by atoms with Crippen LogP contribution in [-0.4, -0.2) is 5.97 Å². The summed E-state index contributed by atoms with van der Waals surface area (Å²) < 4.78 is 5.08. The van der Waals surface area contributed by atoms with E-state index >= 15 is 0 Å². The van der Waals surface area contributed by atoms with E-state index in [2.05, 4.69) is 0 Å². The van der Waals surface area contributed by atoms with Crippen LogP contribution in [0.25, 0.3) is 0 Å². The summed E-state index contributed by atoms with van der Waals surface area (Å²) in [6.07, 6.45) is 2.58. The minimum atomic E-state index is -0.371. The van der Waals surface area contributed by atoms with Gasteiger partial charge in [-0.1, -0.05) is 6.92 Å². The Morgan fingerprint density at radius 3 is 2.33 bits per heavy atom. The summed E-state index contributed by atoms with van der Waals surface area (Å²) in [7, 11) is 0. The van der Waals surface area contributed by atoms with E-state index in [0.29, 0.717) is 5.76 Å². The molecule has 0 atom stereocenters. The first-order valence-corrected chi connectivity index (χ1v) is 4.29. The van der Waals surface area contributed by atoms with Gasteiger partial charge in [-0.05, 0) is 40.2 Å². The average molecular weight is 170 g/mol. The van der Waals surface area contributed by atoms with Gasteiger partial charge in [0.2, 0.25) is 0 Å². The van der Waals surface area contributed by atoms with Crippen molar-refractivity contribution in [1.82, 2.24) is 0 Å². The van der Waals surface area contributed by atoms with Crippen LogP contribution in [0.1, 0.15) is 41.0 Å². The smallest absolute Gasteiger partial charge is 0.316 e. The lowest BCUT2D eigenvalue weighted by Gasteiger charge is -2.20. The Hall–Kier alpha value is -0.790. The number of hydrogen-bond acceptors (Lipinski definition) is 2. The Morgan fingerprint density at radius 2 is 2.00 bits per heavy atom. The third kappa shape index (κ3) is 3.07. The first kappa shape index (κ1) is 11.2. The molecule has 0 bridgehead atoms. The highest BCUT2D eigenvalue weighted by Gasteiger charge is 2.27. The molecular weight excluding hydrogens is 152 g/mol. The molecule has 0 amide bonds. The lowest BCUT2D eigenvalue weighted by atomic mass is 9.91. The van der Waals surface area contributed by atoms with E-state index in [-0.39, 0.29) is 11.4 Å². The first-order chi connectivity index (χ1) is 5.44. The number of hydrogen-bond donors (Lipinski definition) is 0. The molecule has 12 heavy (non-hydrogen) atoms. The van der Waals surface area contributed by atoms with Crippen molar-refractivity contribution in [2.45, 2.75) is 41.0 Å². The number of esters is 1. The Labute approximate surface area is 74.6 Å². The Balaban J connectivity index is 4.23. The van der Waals surface area contributed by atoms with Crippen LogP contribution in [0.2, 0.25) is 0 Å². The number of carbonyl (C=O) groups is 1. The largest absolute Gasteiger partial charge is 0.431 e. The molecule has 0 fully saturated rings. The van der Waals surface area contributed by atoms with Gasteiger partial charge in [0.25, 0.3) is 0 Å². The van der Waals surface area contributed by atoms with Gasteiger partial charge in [0.1, 0.15) is 5.76 Å². The van der Waals surface area contributed by atoms with Gasteiger partial charge in [-0.2, -0.15) is 0 Å². The Kier molecular flexibility index (Phi) is 4.01. The predicted molar refractivity (Wildman–Crippen MR) is 49.6 cm³/mol. The second-order valence-electron chi connectivity index (χ2n) is 3.53. The maximum absolute atomic E-state index is 11.4. The minimum Gasteiger partial charge on any atom is -0.431 e. The van der Waals surface area contributed by atoms with Crippen molar-refractivity contribution in [2.24, 2.45) is 5.41 Å². The van der Waals surface area contributed by atoms with Crippen molar-refractivity contribution in [3.05, 3.63) is 11.8 Å². The summed E-state index contributed by atoms with van der Waals surface area (Å²) in [5.74, 6) is 0.516. The summed E-state index contributed by atoms with van der Waals surface area (Å²) in [6.45, 7) is 9.38. The quantitative estimate of drug-likeness (QED) is 0.481. The summed E-state index contributed by atoms with van der Waals surface area (Å²) in [5, 5.41) is 0. The van der Waals surface area contributed by atoms with Gasteiger partial charge in [0.05, 0.1) is 5.41 Å². The Bertz CT molecular complexity index is 190. The molecule has 0 spiro atoms. The van der Waals surface area contributed by atoms with E-state index in [1.54, 1.807) is 13.0 Å². The summed E-state index contributed by atoms with van der Waals surface area (Å²) in [6, 6.07) is 0. The second kappa shape index (κ2) is 4.29. The van der Waals surface area contributed by atoms with Crippen molar-refractivity contribution < 1.29 is 9.53 Å². The molecule has 0 saturated carbocycles. The molecule has 2 heteroatoms. The predicted octanol–water partition coefficient (Wildman–Crippen LogP) is 2.89. The van der Waals surface area contributed by atoms with E-state index in [9.17, 15) is 4.79 Å². The minimum absolute atomic E-state index is 0.152. The van der Waals surface area contributed by atoms with E-state index in [0.717, 1.165) is 6.42 Å². The summed E-state index contributed by atoms with van der Waals surface area (Å²) in [5.41, 5.74) is -0.371. The fourth-order valence-corrected chi connectivity index (χ4v) is 0.488. The molecule has 0 aromatic rings. The molecule has 0 aliphatic rings. The molecule has 0 saturated heterocycles. The lowest BCUT2D eigenvalue weighted by Crippen LogP contribution is -2.25. The van der Waals surface area contributed by atoms with Gasteiger partial charge in [0, 0.05) is 0 Å². The van der Waals surface area contributed by atoms with Crippen LogP contribution in [0, 0.1) is 5.41 Å². The first-order valence-electron chi connectivity index (χ1n) is 4.29. The topological polar surface area (TPSA) is 26.3 Å². The normalized spacial score (nSPS) is 12.9. The second-order valence-corrected chi connectivity index (χ2v) is 3.53.